The van der Waals surface area contributed by atoms with Gasteiger partial charge in [-0.2, -0.15) is 0 Å². The largest absolute Gasteiger partial charge is 0.0628 e. The molecule has 0 atom stereocenters. The van der Waals surface area contributed by atoms with Crippen molar-refractivity contribution in [3.05, 3.63) is 0 Å². The normalized spacial score (nSPS) is 11.5. The monoisotopic (exact) mass is 330 g/mol. The van der Waals surface area contributed by atoms with E-state index in [1.54, 1.807) is 0 Å². The van der Waals surface area contributed by atoms with Gasteiger partial charge in [0.2, 0.25) is 0 Å². The first-order chi connectivity index (χ1) is 6.13. The van der Waals surface area contributed by atoms with Gasteiger partial charge in [-0.25, -0.2) is 0 Å². The fourth-order valence-electron chi connectivity index (χ4n) is 1.31. The molecule has 0 fully saturated rings. The average molecular weight is 332 g/mol. The molecule has 13 heavy (non-hydrogen) atoms. The van der Waals surface area contributed by atoms with Crippen LogP contribution < -0.4 is 0 Å². The summed E-state index contributed by atoms with van der Waals surface area (Å²) in [5, 5.41) is -0.0103. The summed E-state index contributed by atoms with van der Waals surface area (Å²) in [6.45, 7) is 4.62. The minimum Gasteiger partial charge on any atom is -0.0628 e. The third-order valence-electron chi connectivity index (χ3n) is 2.11. The average Bonchev–Trinajstić information content (AvgIpc) is 2.01. The highest BCUT2D eigenvalue weighted by Gasteiger charge is 1.97. The fourth-order valence-corrected chi connectivity index (χ4v) is 3.28. The van der Waals surface area contributed by atoms with Crippen LogP contribution in [-0.4, -0.2) is 6.16 Å². The second-order valence-corrected chi connectivity index (χ2v) is 13.0. The highest BCUT2D eigenvalue weighted by atomic mass is 79.9. The van der Waals surface area contributed by atoms with Crippen LogP contribution in [0.15, 0.2) is 0 Å². The van der Waals surface area contributed by atoms with Crippen LogP contribution in [-0.2, 0) is 0 Å². The maximum absolute atomic E-state index is 3.56. The molecule has 0 aromatic heterocycles. The molecule has 0 rings (SSSR count). The summed E-state index contributed by atoms with van der Waals surface area (Å²) < 4.78 is 0. The van der Waals surface area contributed by atoms with Crippen molar-refractivity contribution in [1.29, 1.82) is 0 Å². The van der Waals surface area contributed by atoms with Crippen molar-refractivity contribution in [2.75, 3.05) is 6.16 Å². The Morgan fingerprint density at radius 3 is 2.00 bits per heavy atom. The van der Waals surface area contributed by atoms with E-state index >= 15 is 0 Å². The molecule has 0 unspecified atom stereocenters. The molecular weight excluding hydrogens is 311 g/mol. The van der Waals surface area contributed by atoms with Crippen molar-refractivity contribution >= 4 is 36.3 Å². The molecule has 0 aromatic carbocycles. The minimum atomic E-state index is -0.0103. The lowest BCUT2D eigenvalue weighted by Gasteiger charge is -2.04. The Hall–Kier alpha value is 1.39. The molecule has 0 radical (unpaired) electrons. The van der Waals surface area contributed by atoms with Crippen LogP contribution in [0.1, 0.15) is 52.4 Å². The van der Waals surface area contributed by atoms with Gasteiger partial charge in [0.15, 0.2) is 0 Å². The van der Waals surface area contributed by atoms with Crippen LogP contribution in [0.2, 0.25) is 0 Å². The number of unbranched alkanes of at least 4 members (excludes halogenated alkanes) is 4. The molecule has 0 spiro atoms. The number of hydrogen-bond donors (Lipinski definition) is 0. The van der Waals surface area contributed by atoms with E-state index in [9.17, 15) is 0 Å². The molecule has 0 amide bonds. The first-order valence-electron chi connectivity index (χ1n) is 5.22. The third-order valence-corrected chi connectivity index (χ3v) is 4.89. The highest BCUT2D eigenvalue weighted by molar-refractivity contribution is 9.69. The van der Waals surface area contributed by atoms with Crippen LogP contribution in [0.5, 0.6) is 0 Å². The van der Waals surface area contributed by atoms with E-state index in [2.05, 4.69) is 44.8 Å². The summed E-state index contributed by atoms with van der Waals surface area (Å²) in [7, 11) is 0. The Balaban J connectivity index is 2.92. The summed E-state index contributed by atoms with van der Waals surface area (Å²) in [5.41, 5.74) is 0. The van der Waals surface area contributed by atoms with Gasteiger partial charge in [-0.05, 0) is 49.5 Å². The second kappa shape index (κ2) is 9.93. The van der Waals surface area contributed by atoms with Crippen LogP contribution >= 0.6 is 36.3 Å². The SMILES string of the molecule is CC(C)CCCCCCCP(Br)Br. The Morgan fingerprint density at radius 1 is 0.923 bits per heavy atom. The lowest BCUT2D eigenvalue weighted by molar-refractivity contribution is 0.519. The quantitative estimate of drug-likeness (QED) is 0.373. The molecule has 0 saturated carbocycles. The van der Waals surface area contributed by atoms with E-state index in [0.29, 0.717) is 0 Å². The van der Waals surface area contributed by atoms with Gasteiger partial charge < -0.3 is 0 Å². The molecule has 3 heteroatoms. The maximum atomic E-state index is 3.56. The maximum Gasteiger partial charge on any atom is 0.0346 e. The fraction of sp³-hybridized carbons (Fsp3) is 1.00. The van der Waals surface area contributed by atoms with Crippen LogP contribution in [0.3, 0.4) is 0 Å². The first-order valence-corrected chi connectivity index (χ1v) is 10.8. The molecule has 0 nitrogen and oxygen atoms in total. The van der Waals surface area contributed by atoms with E-state index in [-0.39, 0.29) is 5.33 Å². The lowest BCUT2D eigenvalue weighted by atomic mass is 10.0. The van der Waals surface area contributed by atoms with Gasteiger partial charge in [-0.3, -0.25) is 0 Å². The summed E-state index contributed by atoms with van der Waals surface area (Å²) in [4.78, 5) is 0. The van der Waals surface area contributed by atoms with E-state index < -0.39 is 0 Å². The van der Waals surface area contributed by atoms with Crippen molar-refractivity contribution in [2.24, 2.45) is 5.92 Å². The summed E-state index contributed by atoms with van der Waals surface area (Å²) in [6.07, 6.45) is 9.80. The molecule has 0 aliphatic heterocycles. The molecule has 0 saturated heterocycles. The first kappa shape index (κ1) is 14.4. The van der Waals surface area contributed by atoms with E-state index in [1.807, 2.05) is 0 Å². The predicted octanol–water partition coefficient (Wildman–Crippen LogP) is 6.08. The van der Waals surface area contributed by atoms with Crippen molar-refractivity contribution in [3.8, 4) is 0 Å². The smallest absolute Gasteiger partial charge is 0.0346 e. The molecular formula is C10H21Br2P. The van der Waals surface area contributed by atoms with Crippen molar-refractivity contribution in [2.45, 2.75) is 52.4 Å². The van der Waals surface area contributed by atoms with Gasteiger partial charge in [0.25, 0.3) is 0 Å². The van der Waals surface area contributed by atoms with Crippen molar-refractivity contribution < 1.29 is 0 Å². The Kier molecular flexibility index (Phi) is 11.0. The molecule has 0 bridgehead atoms. The van der Waals surface area contributed by atoms with Crippen LogP contribution in [0.4, 0.5) is 0 Å². The molecule has 80 valence electrons. The molecule has 0 aliphatic carbocycles. The van der Waals surface area contributed by atoms with Crippen molar-refractivity contribution in [3.63, 3.8) is 0 Å². The summed E-state index contributed by atoms with van der Waals surface area (Å²) in [6, 6.07) is 0. The van der Waals surface area contributed by atoms with Crippen LogP contribution in [0.25, 0.3) is 0 Å². The molecule has 0 aliphatic rings. The highest BCUT2D eigenvalue weighted by Crippen LogP contribution is 2.52. The van der Waals surface area contributed by atoms with Gasteiger partial charge in [0.1, 0.15) is 0 Å². The van der Waals surface area contributed by atoms with E-state index in [1.165, 1.54) is 44.7 Å². The zero-order valence-electron chi connectivity index (χ0n) is 8.73. The number of hydrogen-bond acceptors (Lipinski definition) is 0. The topological polar surface area (TPSA) is 0 Å². The zero-order chi connectivity index (χ0) is 10.1. The van der Waals surface area contributed by atoms with E-state index in [0.717, 1.165) is 5.92 Å². The van der Waals surface area contributed by atoms with Gasteiger partial charge in [0.05, 0.1) is 0 Å². The predicted molar refractivity (Wildman–Crippen MR) is 72.2 cm³/mol. The van der Waals surface area contributed by atoms with Crippen LogP contribution in [0, 0.1) is 5.92 Å². The number of rotatable bonds is 8. The molecule has 0 heterocycles. The zero-order valence-corrected chi connectivity index (χ0v) is 12.8. The molecule has 0 aromatic rings. The summed E-state index contributed by atoms with van der Waals surface area (Å²) >= 11 is 7.12. The second-order valence-electron chi connectivity index (χ2n) is 3.98. The summed E-state index contributed by atoms with van der Waals surface area (Å²) in [5.74, 6) is 0.887. The van der Waals surface area contributed by atoms with Gasteiger partial charge in [-0.15, -0.1) is 0 Å². The van der Waals surface area contributed by atoms with Gasteiger partial charge >= 0.3 is 0 Å². The minimum absolute atomic E-state index is 0.0103. The number of halogens is 2. The Morgan fingerprint density at radius 2 is 1.46 bits per heavy atom. The lowest BCUT2D eigenvalue weighted by Crippen LogP contribution is -1.87. The van der Waals surface area contributed by atoms with Gasteiger partial charge in [0, 0.05) is 5.33 Å². The standard InChI is InChI=1S/C10H21Br2P/c1-10(2)8-6-4-3-5-7-9-13(11)12/h10H,3-9H2,1-2H3. The van der Waals surface area contributed by atoms with E-state index in [4.69, 9.17) is 0 Å². The molecule has 0 N–H and O–H groups in total. The van der Waals surface area contributed by atoms with Crippen molar-refractivity contribution in [1.82, 2.24) is 0 Å². The Bertz CT molecular complexity index is 93.1. The van der Waals surface area contributed by atoms with Gasteiger partial charge in [-0.1, -0.05) is 46.0 Å². The Labute approximate surface area is 100 Å². The third kappa shape index (κ3) is 13.4.